The summed E-state index contributed by atoms with van der Waals surface area (Å²) in [6, 6.07) is 17.9. The summed E-state index contributed by atoms with van der Waals surface area (Å²) in [4.78, 5) is 21.8. The molecule has 0 radical (unpaired) electrons. The number of nitrogens with one attached hydrogen (secondary N) is 1. The lowest BCUT2D eigenvalue weighted by molar-refractivity contribution is 0.102. The number of aromatic nitrogens is 2. The highest BCUT2D eigenvalue weighted by Crippen LogP contribution is 2.28. The van der Waals surface area contributed by atoms with Crippen molar-refractivity contribution in [3.8, 4) is 0 Å². The summed E-state index contributed by atoms with van der Waals surface area (Å²) in [5.41, 5.74) is 1.65. The number of hydrogen-bond donors (Lipinski definition) is 1. The van der Waals surface area contributed by atoms with Crippen LogP contribution in [0.2, 0.25) is 0 Å². The second kappa shape index (κ2) is 8.53. The van der Waals surface area contributed by atoms with Crippen LogP contribution in [-0.4, -0.2) is 27.5 Å². The zero-order chi connectivity index (χ0) is 18.5. The van der Waals surface area contributed by atoms with Crippen molar-refractivity contribution in [2.75, 3.05) is 11.1 Å². The van der Waals surface area contributed by atoms with E-state index in [2.05, 4.69) is 16.4 Å². The summed E-state index contributed by atoms with van der Waals surface area (Å²) >= 11 is 1.40. The van der Waals surface area contributed by atoms with Gasteiger partial charge in [0.1, 0.15) is 5.82 Å². The first kappa shape index (κ1) is 18.0. The largest absolute Gasteiger partial charge is 0.367 e. The third kappa shape index (κ3) is 4.48. The van der Waals surface area contributed by atoms with E-state index in [-0.39, 0.29) is 5.78 Å². The number of para-hydroxylation sites is 1. The van der Waals surface area contributed by atoms with Gasteiger partial charge in [-0.15, -0.1) is 0 Å². The van der Waals surface area contributed by atoms with Gasteiger partial charge in [0.2, 0.25) is 0 Å². The van der Waals surface area contributed by atoms with Crippen LogP contribution in [0, 0.1) is 0 Å². The van der Waals surface area contributed by atoms with Crippen LogP contribution < -0.4 is 5.32 Å². The maximum Gasteiger partial charge on any atom is 0.190 e. The quantitative estimate of drug-likeness (QED) is 0.356. The second-order valence-electron chi connectivity index (χ2n) is 6.93. The van der Waals surface area contributed by atoms with Crippen LogP contribution in [0.25, 0.3) is 10.9 Å². The maximum atomic E-state index is 12.4. The van der Waals surface area contributed by atoms with Crippen LogP contribution in [0.5, 0.6) is 0 Å². The molecule has 0 amide bonds. The van der Waals surface area contributed by atoms with Gasteiger partial charge in [-0.1, -0.05) is 73.5 Å². The van der Waals surface area contributed by atoms with Crippen molar-refractivity contribution in [3.05, 3.63) is 60.2 Å². The number of hydrogen-bond acceptors (Lipinski definition) is 5. The average Bonchev–Trinajstić information content (AvgIpc) is 2.73. The molecule has 0 aliphatic heterocycles. The molecule has 27 heavy (non-hydrogen) atoms. The van der Waals surface area contributed by atoms with Crippen LogP contribution >= 0.6 is 11.8 Å². The predicted molar refractivity (Wildman–Crippen MR) is 112 cm³/mol. The molecule has 0 atom stereocenters. The third-order valence-electron chi connectivity index (χ3n) is 4.96. The Morgan fingerprint density at radius 1 is 0.963 bits per heavy atom. The van der Waals surface area contributed by atoms with Gasteiger partial charge in [0.05, 0.1) is 11.3 Å². The van der Waals surface area contributed by atoms with E-state index in [9.17, 15) is 4.79 Å². The summed E-state index contributed by atoms with van der Waals surface area (Å²) in [5, 5.41) is 5.33. The average molecular weight is 378 g/mol. The minimum Gasteiger partial charge on any atom is -0.367 e. The van der Waals surface area contributed by atoms with Crippen molar-refractivity contribution >= 4 is 34.3 Å². The summed E-state index contributed by atoms with van der Waals surface area (Å²) < 4.78 is 0. The van der Waals surface area contributed by atoms with Crippen LogP contribution in [0.3, 0.4) is 0 Å². The minimum atomic E-state index is 0.0964. The van der Waals surface area contributed by atoms with Crippen molar-refractivity contribution in [1.82, 2.24) is 9.97 Å². The molecule has 138 valence electrons. The molecule has 1 aliphatic carbocycles. The van der Waals surface area contributed by atoms with Crippen LogP contribution in [0.15, 0.2) is 59.8 Å². The van der Waals surface area contributed by atoms with Gasteiger partial charge in [-0.3, -0.25) is 4.79 Å². The number of thioether (sulfide) groups is 1. The molecule has 0 unspecified atom stereocenters. The zero-order valence-corrected chi connectivity index (χ0v) is 16.0. The van der Waals surface area contributed by atoms with Gasteiger partial charge in [-0.25, -0.2) is 9.97 Å². The molecule has 1 aliphatic rings. The van der Waals surface area contributed by atoms with E-state index in [1.807, 2.05) is 48.5 Å². The minimum absolute atomic E-state index is 0.0964. The Kier molecular flexibility index (Phi) is 5.68. The normalized spacial score (nSPS) is 15.0. The molecule has 1 fully saturated rings. The Balaban J connectivity index is 1.54. The number of carbonyl (C=O) groups excluding carboxylic acids is 1. The Morgan fingerprint density at radius 2 is 1.70 bits per heavy atom. The molecule has 1 heterocycles. The molecule has 1 N–H and O–H groups in total. The number of carbonyl (C=O) groups is 1. The fraction of sp³-hybridized carbons (Fsp3) is 0.318. The smallest absolute Gasteiger partial charge is 0.190 e. The van der Waals surface area contributed by atoms with Gasteiger partial charge >= 0.3 is 0 Å². The van der Waals surface area contributed by atoms with Gasteiger partial charge in [0, 0.05) is 17.0 Å². The number of ketones is 1. The second-order valence-corrected chi connectivity index (χ2v) is 7.87. The summed E-state index contributed by atoms with van der Waals surface area (Å²) in [5.74, 6) is 1.33. The highest BCUT2D eigenvalue weighted by Gasteiger charge is 2.16. The lowest BCUT2D eigenvalue weighted by Crippen LogP contribution is -2.23. The zero-order valence-electron chi connectivity index (χ0n) is 15.2. The fourth-order valence-electron chi connectivity index (χ4n) is 3.51. The Morgan fingerprint density at radius 3 is 2.52 bits per heavy atom. The number of rotatable bonds is 6. The standard InChI is InChI=1S/C22H23N3OS/c26-20(16-9-3-1-4-10-16)15-27-22-24-19-14-8-7-13-18(19)21(25-22)23-17-11-5-2-6-12-17/h1,3-4,7-10,13-14,17H,2,5-6,11-12,15H2,(H,23,24,25). The van der Waals surface area contributed by atoms with Crippen molar-refractivity contribution in [2.24, 2.45) is 0 Å². The van der Waals surface area contributed by atoms with E-state index in [1.54, 1.807) is 0 Å². The van der Waals surface area contributed by atoms with E-state index >= 15 is 0 Å². The first-order valence-corrected chi connectivity index (χ1v) is 10.5. The molecule has 0 bridgehead atoms. The van der Waals surface area contributed by atoms with Gasteiger partial charge < -0.3 is 5.32 Å². The molecular weight excluding hydrogens is 354 g/mol. The van der Waals surface area contributed by atoms with Gasteiger partial charge in [0.25, 0.3) is 0 Å². The highest BCUT2D eigenvalue weighted by molar-refractivity contribution is 7.99. The van der Waals surface area contributed by atoms with Crippen molar-refractivity contribution in [2.45, 2.75) is 43.3 Å². The number of benzene rings is 2. The third-order valence-corrected chi connectivity index (χ3v) is 5.80. The first-order valence-electron chi connectivity index (χ1n) is 9.54. The van der Waals surface area contributed by atoms with Crippen molar-refractivity contribution in [3.63, 3.8) is 0 Å². The molecule has 1 aromatic heterocycles. The topological polar surface area (TPSA) is 54.9 Å². The predicted octanol–water partition coefficient (Wildman–Crippen LogP) is 5.35. The molecule has 0 spiro atoms. The molecule has 4 nitrogen and oxygen atoms in total. The van der Waals surface area contributed by atoms with Crippen LogP contribution in [-0.2, 0) is 0 Å². The van der Waals surface area contributed by atoms with Crippen LogP contribution in [0.4, 0.5) is 5.82 Å². The van der Waals surface area contributed by atoms with Gasteiger partial charge in [-0.05, 0) is 25.0 Å². The molecule has 1 saturated carbocycles. The van der Waals surface area contributed by atoms with E-state index in [4.69, 9.17) is 4.98 Å². The highest BCUT2D eigenvalue weighted by atomic mass is 32.2. The number of nitrogens with zero attached hydrogens (tertiary/aromatic N) is 2. The summed E-state index contributed by atoms with van der Waals surface area (Å²) in [6.45, 7) is 0. The maximum absolute atomic E-state index is 12.4. The molecular formula is C22H23N3OS. The van der Waals surface area contributed by atoms with Gasteiger partial charge in [0.15, 0.2) is 10.9 Å². The fourth-order valence-corrected chi connectivity index (χ4v) is 4.25. The summed E-state index contributed by atoms with van der Waals surface area (Å²) in [7, 11) is 0. The van der Waals surface area contributed by atoms with E-state index in [1.165, 1.54) is 43.9 Å². The van der Waals surface area contributed by atoms with Crippen molar-refractivity contribution < 1.29 is 4.79 Å². The lowest BCUT2D eigenvalue weighted by atomic mass is 9.95. The van der Waals surface area contributed by atoms with E-state index < -0.39 is 0 Å². The van der Waals surface area contributed by atoms with E-state index in [0.29, 0.717) is 17.0 Å². The lowest BCUT2D eigenvalue weighted by Gasteiger charge is -2.24. The molecule has 4 rings (SSSR count). The van der Waals surface area contributed by atoms with E-state index in [0.717, 1.165) is 22.3 Å². The molecule has 5 heteroatoms. The number of Topliss-reactive ketones (excluding diaryl/α,β-unsaturated/α-hetero) is 1. The molecule has 3 aromatic rings. The Hall–Kier alpha value is -2.40. The van der Waals surface area contributed by atoms with Crippen LogP contribution in [0.1, 0.15) is 42.5 Å². The van der Waals surface area contributed by atoms with Gasteiger partial charge in [-0.2, -0.15) is 0 Å². The van der Waals surface area contributed by atoms with Crippen molar-refractivity contribution in [1.29, 1.82) is 0 Å². The summed E-state index contributed by atoms with van der Waals surface area (Å²) in [6.07, 6.45) is 6.24. The Bertz CT molecular complexity index is 923. The monoisotopic (exact) mass is 377 g/mol. The SMILES string of the molecule is O=C(CSc1nc(NC2CCCCC2)c2ccccc2n1)c1ccccc1. The number of anilines is 1. The molecule has 0 saturated heterocycles. The molecule has 2 aromatic carbocycles. The first-order chi connectivity index (χ1) is 13.3. The number of fused-ring (bicyclic) bond motifs is 1. The Labute approximate surface area is 163 Å².